The number of rotatable bonds is 13. The van der Waals surface area contributed by atoms with Crippen molar-refractivity contribution in [1.82, 2.24) is 0 Å². The number of hydrogen-bond donors (Lipinski definition) is 1. The van der Waals surface area contributed by atoms with Crippen LogP contribution < -0.4 is 29.7 Å². The summed E-state index contributed by atoms with van der Waals surface area (Å²) >= 11 is 0. The minimum atomic E-state index is 0. The maximum atomic E-state index is 2.29. The molecule has 0 aliphatic heterocycles. The molecule has 0 saturated heterocycles. The molecule has 0 radical (unpaired) electrons. The van der Waals surface area contributed by atoms with E-state index in [2.05, 4.69) is 51.4 Å². The minimum Gasteiger partial charge on any atom is -1.00 e. The van der Waals surface area contributed by atoms with Crippen molar-refractivity contribution in [2.75, 3.05) is 14.1 Å². The van der Waals surface area contributed by atoms with Gasteiger partial charge in [-0.1, -0.05) is 95.0 Å². The van der Waals surface area contributed by atoms with E-state index in [1.54, 1.807) is 4.90 Å². The molecule has 0 spiro atoms. The third-order valence-corrected chi connectivity index (χ3v) is 4.75. The molecule has 1 N–H and O–H groups in total. The van der Waals surface area contributed by atoms with Crippen LogP contribution in [0.4, 0.5) is 0 Å². The summed E-state index contributed by atoms with van der Waals surface area (Å²) in [7, 11) is 4.57. The summed E-state index contributed by atoms with van der Waals surface area (Å²) in [6.07, 6.45) is 15.6. The van der Waals surface area contributed by atoms with Gasteiger partial charge in [0.25, 0.3) is 0 Å². The molecule has 1 rings (SSSR count). The van der Waals surface area contributed by atoms with Crippen molar-refractivity contribution in [2.24, 2.45) is 0 Å². The van der Waals surface area contributed by atoms with Crippen molar-refractivity contribution >= 4 is 0 Å². The highest BCUT2D eigenvalue weighted by Crippen LogP contribution is 2.18. The number of nitrogens with one attached hydrogen (secondary N) is 1. The molecule has 1 aromatic rings. The lowest BCUT2D eigenvalue weighted by molar-refractivity contribution is -0.892. The first kappa shape index (κ1) is 26.0. The van der Waals surface area contributed by atoms with Gasteiger partial charge in [-0.2, -0.15) is 0 Å². The fourth-order valence-electron chi connectivity index (χ4n) is 3.31. The summed E-state index contributed by atoms with van der Waals surface area (Å²) in [4.78, 5) is 1.56. The Kier molecular flexibility index (Phi) is 19.0. The van der Waals surface area contributed by atoms with Gasteiger partial charge in [0.1, 0.15) is 6.04 Å². The van der Waals surface area contributed by atoms with Crippen molar-refractivity contribution in [1.29, 1.82) is 0 Å². The van der Waals surface area contributed by atoms with Gasteiger partial charge in [0.2, 0.25) is 0 Å². The van der Waals surface area contributed by atoms with E-state index < -0.39 is 0 Å². The Morgan fingerprint density at radius 3 is 1.62 bits per heavy atom. The van der Waals surface area contributed by atoms with Crippen molar-refractivity contribution < 1.29 is 29.7 Å². The van der Waals surface area contributed by atoms with Gasteiger partial charge in [-0.15, -0.1) is 0 Å². The van der Waals surface area contributed by atoms with E-state index in [9.17, 15) is 0 Å². The van der Waals surface area contributed by atoms with Crippen molar-refractivity contribution in [3.05, 3.63) is 35.9 Å². The molecule has 0 aromatic heterocycles. The van der Waals surface area contributed by atoms with Crippen LogP contribution in [0.3, 0.4) is 0 Å². The molecule has 1 atom stereocenters. The fourth-order valence-corrected chi connectivity index (χ4v) is 3.31. The van der Waals surface area contributed by atoms with E-state index in [-0.39, 0.29) is 24.8 Å². The molecular weight excluding hydrogens is 337 g/mol. The van der Waals surface area contributed by atoms with E-state index in [1.807, 2.05) is 0 Å². The number of hydrogen-bond acceptors (Lipinski definition) is 0. The summed E-state index contributed by atoms with van der Waals surface area (Å²) in [5.41, 5.74) is 1.50. The van der Waals surface area contributed by atoms with Gasteiger partial charge in [-0.25, -0.2) is 0 Å². The summed E-state index contributed by atoms with van der Waals surface area (Å²) < 4.78 is 0. The SMILES string of the molecule is CCCCCCCCCCCCC(c1ccccc1)[NH+](C)C.[Cl-].[Cl-]. The second kappa shape index (κ2) is 17.6. The quantitative estimate of drug-likeness (QED) is 0.431. The first-order valence-electron chi connectivity index (χ1n) is 9.60. The zero-order valence-corrected chi connectivity index (χ0v) is 17.5. The Morgan fingerprint density at radius 1 is 0.708 bits per heavy atom. The molecule has 0 saturated carbocycles. The van der Waals surface area contributed by atoms with E-state index in [4.69, 9.17) is 0 Å². The molecule has 0 aliphatic rings. The molecule has 142 valence electrons. The van der Waals surface area contributed by atoms with Gasteiger partial charge >= 0.3 is 0 Å². The van der Waals surface area contributed by atoms with E-state index >= 15 is 0 Å². The highest BCUT2D eigenvalue weighted by atomic mass is 35.5. The zero-order chi connectivity index (χ0) is 16.0. The monoisotopic (exact) mass is 374 g/mol. The predicted octanol–water partition coefficient (Wildman–Crippen LogP) is -0.809. The highest BCUT2D eigenvalue weighted by molar-refractivity contribution is 5.16. The second-order valence-corrected chi connectivity index (χ2v) is 7.01. The maximum Gasteiger partial charge on any atom is 0.113 e. The van der Waals surface area contributed by atoms with Gasteiger partial charge in [0, 0.05) is 12.0 Å². The summed E-state index contributed by atoms with van der Waals surface area (Å²) in [5, 5.41) is 0. The molecule has 0 amide bonds. The molecule has 1 nitrogen and oxygen atoms in total. The zero-order valence-electron chi connectivity index (χ0n) is 16.0. The predicted molar refractivity (Wildman–Crippen MR) is 98.5 cm³/mol. The molecule has 0 fully saturated rings. The van der Waals surface area contributed by atoms with Crippen LogP contribution in [0.1, 0.15) is 89.2 Å². The average Bonchev–Trinajstić information content (AvgIpc) is 2.53. The molecule has 1 unspecified atom stereocenters. The number of halogens is 2. The Hall–Kier alpha value is -0.240. The maximum absolute atomic E-state index is 2.29. The van der Waals surface area contributed by atoms with E-state index in [0.717, 1.165) is 0 Å². The molecule has 3 heteroatoms. The van der Waals surface area contributed by atoms with E-state index in [1.165, 1.54) is 76.2 Å². The van der Waals surface area contributed by atoms with Gasteiger partial charge in [0.15, 0.2) is 0 Å². The first-order valence-corrected chi connectivity index (χ1v) is 9.60. The molecule has 24 heavy (non-hydrogen) atoms. The second-order valence-electron chi connectivity index (χ2n) is 7.01. The van der Waals surface area contributed by atoms with Gasteiger partial charge < -0.3 is 29.7 Å². The Morgan fingerprint density at radius 2 is 1.17 bits per heavy atom. The number of benzene rings is 1. The van der Waals surface area contributed by atoms with Gasteiger partial charge in [-0.05, 0) is 6.42 Å². The Labute approximate surface area is 163 Å². The standard InChI is InChI=1S/C21H37N.2ClH/c1-4-5-6-7-8-9-10-11-12-16-19-21(22(2)3)20-17-14-13-15-18-20;;/h13-15,17-18,21H,4-12,16,19H2,1-3H3;2*1H/p-1. The normalized spacial score (nSPS) is 11.7. The summed E-state index contributed by atoms with van der Waals surface area (Å²) in [6, 6.07) is 11.7. The molecule has 0 heterocycles. The van der Waals surface area contributed by atoms with Crippen LogP contribution in [-0.4, -0.2) is 14.1 Å². The smallest absolute Gasteiger partial charge is 0.113 e. The summed E-state index contributed by atoms with van der Waals surface area (Å²) in [5.74, 6) is 0. The molecule has 1 aromatic carbocycles. The average molecular weight is 375 g/mol. The summed E-state index contributed by atoms with van der Waals surface area (Å²) in [6.45, 7) is 2.29. The lowest BCUT2D eigenvalue weighted by Gasteiger charge is -2.21. The first-order chi connectivity index (χ1) is 10.8. The van der Waals surface area contributed by atoms with Crippen molar-refractivity contribution in [3.63, 3.8) is 0 Å². The molecule has 0 aliphatic carbocycles. The van der Waals surface area contributed by atoms with Crippen molar-refractivity contribution in [3.8, 4) is 0 Å². The Bertz CT molecular complexity index is 354. The van der Waals surface area contributed by atoms with Crippen LogP contribution in [0.25, 0.3) is 0 Å². The minimum absolute atomic E-state index is 0. The highest BCUT2D eigenvalue weighted by Gasteiger charge is 2.16. The third kappa shape index (κ3) is 12.2. The van der Waals surface area contributed by atoms with Crippen LogP contribution in [-0.2, 0) is 0 Å². The lowest BCUT2D eigenvalue weighted by Crippen LogP contribution is -3.06. The Balaban J connectivity index is 0. The largest absolute Gasteiger partial charge is 1.00 e. The number of quaternary nitrogens is 1. The molecular formula is C21H38Cl2N-. The fraction of sp³-hybridized carbons (Fsp3) is 0.714. The van der Waals surface area contributed by atoms with E-state index in [0.29, 0.717) is 6.04 Å². The molecule has 0 bridgehead atoms. The van der Waals surface area contributed by atoms with Crippen LogP contribution in [0.2, 0.25) is 0 Å². The van der Waals surface area contributed by atoms with Crippen molar-refractivity contribution in [2.45, 2.75) is 83.6 Å². The van der Waals surface area contributed by atoms with Crippen LogP contribution >= 0.6 is 0 Å². The van der Waals surface area contributed by atoms with Gasteiger partial charge in [0.05, 0.1) is 14.1 Å². The van der Waals surface area contributed by atoms with Crippen LogP contribution in [0.5, 0.6) is 0 Å². The van der Waals surface area contributed by atoms with Crippen LogP contribution in [0.15, 0.2) is 30.3 Å². The lowest BCUT2D eigenvalue weighted by atomic mass is 9.98. The third-order valence-electron chi connectivity index (χ3n) is 4.75. The van der Waals surface area contributed by atoms with Crippen LogP contribution in [0, 0.1) is 0 Å². The number of unbranched alkanes of at least 4 members (excludes halogenated alkanes) is 9. The topological polar surface area (TPSA) is 4.44 Å². The van der Waals surface area contributed by atoms with Gasteiger partial charge in [-0.3, -0.25) is 0 Å².